The molecule has 1 heterocycles. The van der Waals surface area contributed by atoms with Gasteiger partial charge in [0.1, 0.15) is 17.1 Å². The number of unbranched alkanes of at least 4 members (excludes halogenated alkanes) is 1. The van der Waals surface area contributed by atoms with Gasteiger partial charge in [-0.3, -0.25) is 4.79 Å². The second-order valence-electron chi connectivity index (χ2n) is 9.46. The maximum absolute atomic E-state index is 13.4. The fraction of sp³-hybridized carbons (Fsp3) is 0.500. The van der Waals surface area contributed by atoms with E-state index in [-0.39, 0.29) is 23.1 Å². The number of carbonyl (C=O) groups is 1. The molecule has 0 aromatic heterocycles. The number of nitrogens with one attached hydrogen (secondary N) is 1. The van der Waals surface area contributed by atoms with E-state index in [0.717, 1.165) is 55.5 Å². The minimum atomic E-state index is -3.10. The third-order valence-electron chi connectivity index (χ3n) is 7.16. The first-order chi connectivity index (χ1) is 18.3. The van der Waals surface area contributed by atoms with Crippen molar-refractivity contribution in [1.82, 2.24) is 10.2 Å². The van der Waals surface area contributed by atoms with Gasteiger partial charge < -0.3 is 24.4 Å². The lowest BCUT2D eigenvalue weighted by Gasteiger charge is -2.36. The molecule has 1 aromatic carbocycles. The van der Waals surface area contributed by atoms with E-state index in [1.807, 2.05) is 30.2 Å². The van der Waals surface area contributed by atoms with Crippen molar-refractivity contribution in [1.29, 1.82) is 0 Å². The topological polar surface area (TPSA) is 60.0 Å². The molecule has 0 spiro atoms. The van der Waals surface area contributed by atoms with Crippen molar-refractivity contribution in [3.8, 4) is 11.5 Å². The number of hydrogen-bond acceptors (Lipinski definition) is 5. The van der Waals surface area contributed by atoms with Gasteiger partial charge in [-0.25, -0.2) is 0 Å². The lowest BCUT2D eigenvalue weighted by atomic mass is 9.85. The summed E-state index contributed by atoms with van der Waals surface area (Å²) in [5.41, 5.74) is 2.91. The second-order valence-corrected chi connectivity index (χ2v) is 9.46. The van der Waals surface area contributed by atoms with Crippen LogP contribution in [0, 0.1) is 0 Å². The van der Waals surface area contributed by atoms with E-state index in [2.05, 4.69) is 38.2 Å². The Morgan fingerprint density at radius 3 is 2.39 bits per heavy atom. The Kier molecular flexibility index (Phi) is 10.1. The monoisotopic (exact) mass is 530 g/mol. The van der Waals surface area contributed by atoms with Crippen LogP contribution < -0.4 is 14.8 Å². The molecule has 0 saturated heterocycles. The predicted octanol–water partition coefficient (Wildman–Crippen LogP) is 7.19. The third-order valence-corrected chi connectivity index (χ3v) is 7.16. The first kappa shape index (κ1) is 29.4. The van der Waals surface area contributed by atoms with E-state index in [9.17, 15) is 13.6 Å². The van der Waals surface area contributed by atoms with Crippen LogP contribution in [-0.2, 0) is 4.74 Å². The number of rotatable bonds is 13. The van der Waals surface area contributed by atoms with Crippen LogP contribution in [0.4, 0.5) is 8.78 Å². The van der Waals surface area contributed by atoms with Gasteiger partial charge in [-0.2, -0.15) is 8.78 Å². The molecule has 0 atom stereocenters. The number of halogens is 2. The molecule has 0 unspecified atom stereocenters. The quantitative estimate of drug-likeness (QED) is 0.292. The van der Waals surface area contributed by atoms with Gasteiger partial charge in [0.15, 0.2) is 0 Å². The Balaban J connectivity index is 2.09. The number of nitrogens with zero attached hydrogens (tertiary/aromatic N) is 1. The molecule has 1 fully saturated rings. The van der Waals surface area contributed by atoms with Crippen molar-refractivity contribution in [2.45, 2.75) is 84.5 Å². The fourth-order valence-electron chi connectivity index (χ4n) is 4.78. The standard InChI is InChI=1S/C30H40F2N2O4/c1-7-11-12-23-19-21(30(9-3,10-4)37-6)15-16-34(23)24(8-2)20-17-25(36-5)27(26(18-20)38-29(31)32)28(35)33-22-13-14-22/h8,12,15-19,22,29H,7,9-11,13-14H2,1-6H3,(H,33,35)/b23-12+,24-8-. The van der Waals surface area contributed by atoms with Crippen molar-refractivity contribution >= 4 is 11.6 Å². The summed E-state index contributed by atoms with van der Waals surface area (Å²) in [6.45, 7) is 5.12. The number of amides is 1. The Hall–Kier alpha value is -3.13. The maximum atomic E-state index is 13.4. The SMILES string of the molecule is C/C=C(/c1cc(OC)c(C(=O)NC2CC2)c(OC(F)F)c1)N1C=CC(C(CC)(CC)OC)=C/C1=C\CCC. The van der Waals surface area contributed by atoms with E-state index >= 15 is 0 Å². The molecule has 1 aromatic rings. The first-order valence-corrected chi connectivity index (χ1v) is 13.4. The molecule has 2 aliphatic rings. The normalized spacial score (nSPS) is 17.2. The minimum Gasteiger partial charge on any atom is -0.496 e. The zero-order chi connectivity index (χ0) is 27.9. The summed E-state index contributed by atoms with van der Waals surface area (Å²) in [7, 11) is 3.15. The highest BCUT2D eigenvalue weighted by molar-refractivity contribution is 6.00. The van der Waals surface area contributed by atoms with Crippen LogP contribution in [0.2, 0.25) is 0 Å². The Bertz CT molecular complexity index is 1110. The van der Waals surface area contributed by atoms with Gasteiger partial charge in [0.25, 0.3) is 5.91 Å². The molecule has 0 bridgehead atoms. The van der Waals surface area contributed by atoms with Crippen molar-refractivity contribution in [2.24, 2.45) is 0 Å². The molecule has 0 radical (unpaired) electrons. The number of alkyl halides is 2. The molecule has 8 heteroatoms. The van der Waals surface area contributed by atoms with Crippen molar-refractivity contribution < 1.29 is 27.8 Å². The van der Waals surface area contributed by atoms with Crippen LogP contribution in [0.25, 0.3) is 5.70 Å². The predicted molar refractivity (Wildman–Crippen MR) is 146 cm³/mol. The van der Waals surface area contributed by atoms with E-state index in [0.29, 0.717) is 5.56 Å². The van der Waals surface area contributed by atoms with Crippen molar-refractivity contribution in [2.75, 3.05) is 14.2 Å². The molecular formula is C30H40F2N2O4. The number of benzene rings is 1. The number of carbonyl (C=O) groups excluding carboxylic acids is 1. The molecule has 1 aliphatic heterocycles. The molecule has 3 rings (SSSR count). The lowest BCUT2D eigenvalue weighted by molar-refractivity contribution is -0.0502. The van der Waals surface area contributed by atoms with Gasteiger partial charge in [0, 0.05) is 36.3 Å². The molecule has 6 nitrogen and oxygen atoms in total. The average Bonchev–Trinajstić information content (AvgIpc) is 3.73. The number of methoxy groups -OCH3 is 2. The number of hydrogen-bond donors (Lipinski definition) is 1. The van der Waals surface area contributed by atoms with Gasteiger partial charge in [-0.15, -0.1) is 0 Å². The van der Waals surface area contributed by atoms with Crippen LogP contribution in [0.5, 0.6) is 11.5 Å². The molecule has 1 aliphatic carbocycles. The van der Waals surface area contributed by atoms with Crippen molar-refractivity contribution in [3.63, 3.8) is 0 Å². The second kappa shape index (κ2) is 13.1. The summed E-state index contributed by atoms with van der Waals surface area (Å²) in [6, 6.07) is 3.22. The van der Waals surface area contributed by atoms with Crippen molar-refractivity contribution in [3.05, 3.63) is 65.0 Å². The van der Waals surface area contributed by atoms with Gasteiger partial charge in [0.05, 0.1) is 12.7 Å². The van der Waals surface area contributed by atoms with Crippen LogP contribution in [0.15, 0.2) is 53.9 Å². The van der Waals surface area contributed by atoms with E-state index in [1.54, 1.807) is 13.2 Å². The molecule has 1 saturated carbocycles. The smallest absolute Gasteiger partial charge is 0.387 e. The summed E-state index contributed by atoms with van der Waals surface area (Å²) in [6.07, 6.45) is 15.4. The van der Waals surface area contributed by atoms with Crippen LogP contribution >= 0.6 is 0 Å². The zero-order valence-electron chi connectivity index (χ0n) is 23.3. The highest BCUT2D eigenvalue weighted by Crippen LogP contribution is 2.40. The molecular weight excluding hydrogens is 490 g/mol. The lowest BCUT2D eigenvalue weighted by Crippen LogP contribution is -2.33. The highest BCUT2D eigenvalue weighted by atomic mass is 19.3. The summed E-state index contributed by atoms with van der Waals surface area (Å²) in [5.74, 6) is -0.543. The number of allylic oxidation sites excluding steroid dienone is 3. The van der Waals surface area contributed by atoms with E-state index < -0.39 is 18.1 Å². The molecule has 38 heavy (non-hydrogen) atoms. The van der Waals surface area contributed by atoms with Crippen LogP contribution in [0.1, 0.15) is 82.1 Å². The first-order valence-electron chi connectivity index (χ1n) is 13.4. The highest BCUT2D eigenvalue weighted by Gasteiger charge is 2.33. The number of ether oxygens (including phenoxy) is 3. The largest absolute Gasteiger partial charge is 0.496 e. The van der Waals surface area contributed by atoms with Crippen LogP contribution in [0.3, 0.4) is 0 Å². The van der Waals surface area contributed by atoms with Gasteiger partial charge in [-0.1, -0.05) is 39.3 Å². The Labute approximate surface area is 225 Å². The zero-order valence-corrected chi connectivity index (χ0v) is 23.3. The fourth-order valence-corrected chi connectivity index (χ4v) is 4.78. The van der Waals surface area contributed by atoms with Crippen LogP contribution in [-0.4, -0.2) is 43.3 Å². The van der Waals surface area contributed by atoms with Gasteiger partial charge in [-0.05, 0) is 68.9 Å². The molecule has 208 valence electrons. The summed E-state index contributed by atoms with van der Waals surface area (Å²) in [5, 5.41) is 2.84. The summed E-state index contributed by atoms with van der Waals surface area (Å²) >= 11 is 0. The molecule has 1 amide bonds. The summed E-state index contributed by atoms with van der Waals surface area (Å²) in [4.78, 5) is 14.9. The van der Waals surface area contributed by atoms with E-state index in [1.165, 1.54) is 13.2 Å². The maximum Gasteiger partial charge on any atom is 0.387 e. The van der Waals surface area contributed by atoms with Gasteiger partial charge in [0.2, 0.25) is 0 Å². The Morgan fingerprint density at radius 2 is 1.87 bits per heavy atom. The molecule has 1 N–H and O–H groups in total. The summed E-state index contributed by atoms with van der Waals surface area (Å²) < 4.78 is 43.2. The Morgan fingerprint density at radius 1 is 1.18 bits per heavy atom. The average molecular weight is 531 g/mol. The third kappa shape index (κ3) is 6.46. The minimum absolute atomic E-state index is 0.0345. The van der Waals surface area contributed by atoms with Gasteiger partial charge >= 0.3 is 6.61 Å². The van der Waals surface area contributed by atoms with E-state index in [4.69, 9.17) is 14.2 Å².